The number of halogens is 1. The van der Waals surface area contributed by atoms with Crippen molar-refractivity contribution in [3.63, 3.8) is 0 Å². The maximum atomic E-state index is 13.3. The highest BCUT2D eigenvalue weighted by Gasteiger charge is 2.21. The summed E-state index contributed by atoms with van der Waals surface area (Å²) >= 11 is 1.77. The van der Waals surface area contributed by atoms with Crippen molar-refractivity contribution in [1.82, 2.24) is 10.2 Å². The Morgan fingerprint density at radius 1 is 1.29 bits per heavy atom. The van der Waals surface area contributed by atoms with Crippen LogP contribution in [0.1, 0.15) is 40.8 Å². The number of rotatable bonds is 6. The van der Waals surface area contributed by atoms with Gasteiger partial charge in [0.05, 0.1) is 6.04 Å². The second-order valence-corrected chi connectivity index (χ2v) is 7.76. The first-order valence-electron chi connectivity index (χ1n) is 8.10. The van der Waals surface area contributed by atoms with Crippen LogP contribution in [0.25, 0.3) is 0 Å². The molecule has 2 atom stereocenters. The van der Waals surface area contributed by atoms with E-state index in [-0.39, 0.29) is 23.8 Å². The molecule has 1 amide bonds. The van der Waals surface area contributed by atoms with E-state index in [1.807, 2.05) is 13.0 Å². The van der Waals surface area contributed by atoms with E-state index in [4.69, 9.17) is 0 Å². The van der Waals surface area contributed by atoms with Gasteiger partial charge in [0.15, 0.2) is 0 Å². The van der Waals surface area contributed by atoms with Gasteiger partial charge in [0.2, 0.25) is 5.91 Å². The number of hydrogen-bond acceptors (Lipinski definition) is 3. The summed E-state index contributed by atoms with van der Waals surface area (Å²) in [5.74, 6) is -0.285. The van der Waals surface area contributed by atoms with Gasteiger partial charge in [-0.1, -0.05) is 12.1 Å². The second kappa shape index (κ2) is 7.90. The number of carbonyl (C=O) groups is 1. The van der Waals surface area contributed by atoms with Gasteiger partial charge in [-0.3, -0.25) is 10.1 Å². The zero-order valence-electron chi connectivity index (χ0n) is 14.9. The van der Waals surface area contributed by atoms with Crippen LogP contribution in [0.15, 0.2) is 30.3 Å². The van der Waals surface area contributed by atoms with Gasteiger partial charge in [0, 0.05) is 29.4 Å². The zero-order valence-corrected chi connectivity index (χ0v) is 15.7. The highest BCUT2D eigenvalue weighted by Crippen LogP contribution is 2.26. The van der Waals surface area contributed by atoms with Gasteiger partial charge in [-0.05, 0) is 57.0 Å². The van der Waals surface area contributed by atoms with Crippen LogP contribution in [-0.2, 0) is 11.3 Å². The number of amides is 1. The number of aryl methyl sites for hydroxylation is 2. The summed E-state index contributed by atoms with van der Waals surface area (Å²) in [7, 11) is 1.75. The minimum Gasteiger partial charge on any atom is -0.340 e. The monoisotopic (exact) mass is 348 g/mol. The molecule has 0 spiro atoms. The lowest BCUT2D eigenvalue weighted by molar-refractivity contribution is -0.132. The summed E-state index contributed by atoms with van der Waals surface area (Å²) in [5, 5.41) is 3.37. The van der Waals surface area contributed by atoms with Crippen molar-refractivity contribution in [2.45, 2.75) is 46.3 Å². The third kappa shape index (κ3) is 4.65. The average molecular weight is 348 g/mol. The molecule has 2 rings (SSSR count). The van der Waals surface area contributed by atoms with Crippen LogP contribution < -0.4 is 5.32 Å². The maximum Gasteiger partial charge on any atom is 0.239 e. The van der Waals surface area contributed by atoms with E-state index in [1.165, 1.54) is 27.5 Å². The van der Waals surface area contributed by atoms with Gasteiger partial charge < -0.3 is 4.90 Å². The summed E-state index contributed by atoms with van der Waals surface area (Å²) in [6.45, 7) is 8.54. The third-order valence-corrected chi connectivity index (χ3v) is 5.08. The smallest absolute Gasteiger partial charge is 0.239 e. The molecule has 1 N–H and O–H groups in total. The summed E-state index contributed by atoms with van der Waals surface area (Å²) < 4.78 is 13.3. The molecule has 5 heteroatoms. The van der Waals surface area contributed by atoms with Crippen molar-refractivity contribution >= 4 is 17.2 Å². The number of nitrogens with one attached hydrogen (secondary N) is 1. The molecule has 3 nitrogen and oxygen atoms in total. The Morgan fingerprint density at radius 2 is 2.00 bits per heavy atom. The molecule has 0 bridgehead atoms. The molecule has 0 saturated heterocycles. The van der Waals surface area contributed by atoms with Crippen LogP contribution in [0.2, 0.25) is 0 Å². The van der Waals surface area contributed by atoms with Gasteiger partial charge >= 0.3 is 0 Å². The number of hydrogen-bond donors (Lipinski definition) is 1. The van der Waals surface area contributed by atoms with E-state index in [2.05, 4.69) is 32.2 Å². The van der Waals surface area contributed by atoms with Crippen molar-refractivity contribution in [3.8, 4) is 0 Å². The predicted octanol–water partition coefficient (Wildman–Crippen LogP) is 4.20. The van der Waals surface area contributed by atoms with E-state index in [1.54, 1.807) is 29.4 Å². The highest BCUT2D eigenvalue weighted by molar-refractivity contribution is 7.12. The lowest BCUT2D eigenvalue weighted by Gasteiger charge is -2.25. The van der Waals surface area contributed by atoms with Crippen LogP contribution in [-0.4, -0.2) is 23.9 Å². The molecule has 24 heavy (non-hydrogen) atoms. The topological polar surface area (TPSA) is 32.3 Å². The molecule has 0 radical (unpaired) electrons. The fraction of sp³-hybridized carbons (Fsp3) is 0.421. The predicted molar refractivity (Wildman–Crippen MR) is 97.7 cm³/mol. The first-order valence-corrected chi connectivity index (χ1v) is 8.92. The van der Waals surface area contributed by atoms with Crippen molar-refractivity contribution in [3.05, 3.63) is 57.0 Å². The minimum atomic E-state index is -0.307. The van der Waals surface area contributed by atoms with E-state index >= 15 is 0 Å². The Balaban J connectivity index is 1.97. The number of carbonyl (C=O) groups excluding carboxylic acids is 1. The lowest BCUT2D eigenvalue weighted by Crippen LogP contribution is -2.43. The first-order chi connectivity index (χ1) is 11.3. The molecule has 1 heterocycles. The maximum absolute atomic E-state index is 13.3. The Kier molecular flexibility index (Phi) is 6.13. The van der Waals surface area contributed by atoms with E-state index < -0.39 is 0 Å². The van der Waals surface area contributed by atoms with Gasteiger partial charge in [0.25, 0.3) is 0 Å². The third-order valence-electron chi connectivity index (χ3n) is 4.10. The van der Waals surface area contributed by atoms with Gasteiger partial charge in [-0.25, -0.2) is 4.39 Å². The van der Waals surface area contributed by atoms with Crippen LogP contribution in [0.4, 0.5) is 4.39 Å². The Labute approximate surface area is 147 Å². The van der Waals surface area contributed by atoms with E-state index in [9.17, 15) is 9.18 Å². The highest BCUT2D eigenvalue weighted by atomic mass is 32.1. The van der Waals surface area contributed by atoms with Crippen LogP contribution in [0.3, 0.4) is 0 Å². The molecule has 1 aromatic carbocycles. The molecule has 0 aliphatic rings. The molecule has 1 aromatic heterocycles. The number of nitrogens with zero attached hydrogens (tertiary/aromatic N) is 1. The summed E-state index contributed by atoms with van der Waals surface area (Å²) in [6.07, 6.45) is 0. The van der Waals surface area contributed by atoms with Crippen LogP contribution >= 0.6 is 11.3 Å². The summed E-state index contributed by atoms with van der Waals surface area (Å²) in [4.78, 5) is 16.7. The summed E-state index contributed by atoms with van der Waals surface area (Å²) in [5.41, 5.74) is 2.03. The quantitative estimate of drug-likeness (QED) is 0.848. The van der Waals surface area contributed by atoms with Crippen LogP contribution in [0.5, 0.6) is 0 Å². The molecule has 0 fully saturated rings. The molecular weight excluding hydrogens is 323 g/mol. The minimum absolute atomic E-state index is 0.00397. The average Bonchev–Trinajstić information content (AvgIpc) is 2.85. The number of likely N-dealkylation sites (N-methyl/N-ethyl adjacent to an activating group) is 1. The van der Waals surface area contributed by atoms with Gasteiger partial charge in [-0.2, -0.15) is 0 Å². The second-order valence-electron chi connectivity index (χ2n) is 6.30. The fourth-order valence-corrected chi connectivity index (χ4v) is 3.96. The standard InChI is InChI=1S/C19H25FN2OS/c1-12-9-18(15(4)24-12)13(2)21-14(3)19(23)22(5)11-16-7-6-8-17(20)10-16/h6-10,13-14,21H,11H2,1-5H3. The molecule has 0 aliphatic heterocycles. The first kappa shape index (κ1) is 18.6. The Morgan fingerprint density at radius 3 is 2.58 bits per heavy atom. The lowest BCUT2D eigenvalue weighted by atomic mass is 10.1. The van der Waals surface area contributed by atoms with Crippen molar-refractivity contribution in [2.75, 3.05) is 7.05 Å². The van der Waals surface area contributed by atoms with Gasteiger partial charge in [-0.15, -0.1) is 11.3 Å². The molecular formula is C19H25FN2OS. The van der Waals surface area contributed by atoms with Crippen molar-refractivity contribution < 1.29 is 9.18 Å². The van der Waals surface area contributed by atoms with Crippen LogP contribution in [0, 0.1) is 19.7 Å². The van der Waals surface area contributed by atoms with Crippen molar-refractivity contribution in [1.29, 1.82) is 0 Å². The van der Waals surface area contributed by atoms with E-state index in [0.29, 0.717) is 6.54 Å². The molecule has 0 aliphatic carbocycles. The summed E-state index contributed by atoms with van der Waals surface area (Å²) in [6, 6.07) is 8.32. The zero-order chi connectivity index (χ0) is 17.9. The normalized spacial score (nSPS) is 13.6. The fourth-order valence-electron chi connectivity index (χ4n) is 2.93. The van der Waals surface area contributed by atoms with E-state index in [0.717, 1.165) is 5.56 Å². The Hall–Kier alpha value is -1.72. The van der Waals surface area contributed by atoms with Gasteiger partial charge in [0.1, 0.15) is 5.82 Å². The number of thiophene rings is 1. The van der Waals surface area contributed by atoms with Crippen molar-refractivity contribution in [2.24, 2.45) is 0 Å². The SMILES string of the molecule is Cc1cc(C(C)NC(C)C(=O)N(C)Cc2cccc(F)c2)c(C)s1. The molecule has 2 unspecified atom stereocenters. The number of benzene rings is 1. The molecule has 2 aromatic rings. The molecule has 130 valence electrons. The Bertz CT molecular complexity index is 713. The molecule has 0 saturated carbocycles. The largest absolute Gasteiger partial charge is 0.340 e.